The summed E-state index contributed by atoms with van der Waals surface area (Å²) in [6, 6.07) is 3.66. The number of carbonyl (C=O) groups excluding carboxylic acids is 1. The van der Waals surface area contributed by atoms with Crippen LogP contribution < -0.4 is 21.3 Å². The molecule has 2 aliphatic rings. The Balaban J connectivity index is 1.39. The number of halogens is 2. The highest BCUT2D eigenvalue weighted by atomic mass is 19.3. The van der Waals surface area contributed by atoms with Crippen molar-refractivity contribution in [3.8, 4) is 5.88 Å². The third-order valence-electron chi connectivity index (χ3n) is 5.85. The van der Waals surface area contributed by atoms with Crippen molar-refractivity contribution in [2.24, 2.45) is 5.92 Å². The number of nitrogens with zero attached hydrogens (tertiary/aromatic N) is 4. The quantitative estimate of drug-likeness (QED) is 0.576. The minimum atomic E-state index is -3.05. The SMILES string of the molecule is CC(C(=O)Nc1ccc(OCC2CC2)nn1)N1CCC(F)(F)[C@@H](c2cc(N)c(=O)[nH]n2)C1. The Morgan fingerprint density at radius 1 is 1.41 bits per heavy atom. The predicted octanol–water partition coefficient (Wildman–Crippen LogP) is 1.38. The normalized spacial score (nSPS) is 21.7. The zero-order valence-electron chi connectivity index (χ0n) is 17.6. The van der Waals surface area contributed by atoms with Gasteiger partial charge in [0.05, 0.1) is 24.3 Å². The minimum absolute atomic E-state index is 0.0166. The summed E-state index contributed by atoms with van der Waals surface area (Å²) in [5.41, 5.74) is 4.73. The number of rotatable bonds is 7. The number of likely N-dealkylation sites (tertiary alicyclic amines) is 1. The first kappa shape index (κ1) is 22.1. The molecular weight excluding hydrogens is 424 g/mol. The van der Waals surface area contributed by atoms with Gasteiger partial charge >= 0.3 is 0 Å². The van der Waals surface area contributed by atoms with Crippen LogP contribution in [0.1, 0.15) is 37.8 Å². The van der Waals surface area contributed by atoms with Crippen LogP contribution in [0.25, 0.3) is 0 Å². The molecule has 2 aromatic rings. The minimum Gasteiger partial charge on any atom is -0.476 e. The number of nitrogens with two attached hydrogens (primary N) is 1. The summed E-state index contributed by atoms with van der Waals surface area (Å²) < 4.78 is 34.7. The smallest absolute Gasteiger partial charge is 0.287 e. The second-order valence-corrected chi connectivity index (χ2v) is 8.31. The van der Waals surface area contributed by atoms with Crippen molar-refractivity contribution in [2.75, 3.05) is 30.7 Å². The molecule has 2 aromatic heterocycles. The van der Waals surface area contributed by atoms with Gasteiger partial charge in [0.1, 0.15) is 5.69 Å². The first-order chi connectivity index (χ1) is 15.2. The number of ether oxygens (including phenoxy) is 1. The topological polar surface area (TPSA) is 139 Å². The molecule has 0 bridgehead atoms. The van der Waals surface area contributed by atoms with E-state index in [9.17, 15) is 18.4 Å². The Bertz CT molecular complexity index is 1030. The van der Waals surface area contributed by atoms with Gasteiger partial charge in [-0.15, -0.1) is 10.2 Å². The summed E-state index contributed by atoms with van der Waals surface area (Å²) in [7, 11) is 0. The molecule has 0 aromatic carbocycles. The molecule has 12 heteroatoms. The van der Waals surface area contributed by atoms with Crippen LogP contribution in [0.5, 0.6) is 5.88 Å². The van der Waals surface area contributed by atoms with Crippen molar-refractivity contribution in [2.45, 2.75) is 44.1 Å². The van der Waals surface area contributed by atoms with Gasteiger partial charge in [-0.3, -0.25) is 14.5 Å². The van der Waals surface area contributed by atoms with Gasteiger partial charge in [-0.05, 0) is 37.8 Å². The molecule has 2 atom stereocenters. The van der Waals surface area contributed by atoms with E-state index in [0.29, 0.717) is 18.4 Å². The van der Waals surface area contributed by atoms with E-state index < -0.39 is 35.8 Å². The van der Waals surface area contributed by atoms with E-state index in [-0.39, 0.29) is 30.3 Å². The van der Waals surface area contributed by atoms with E-state index in [1.165, 1.54) is 0 Å². The number of hydrogen-bond donors (Lipinski definition) is 3. The second kappa shape index (κ2) is 8.77. The Labute approximate surface area is 182 Å². The monoisotopic (exact) mass is 449 g/mol. The summed E-state index contributed by atoms with van der Waals surface area (Å²) in [6.07, 6.45) is 1.87. The van der Waals surface area contributed by atoms with Gasteiger partial charge in [0.25, 0.3) is 11.5 Å². The first-order valence-electron chi connectivity index (χ1n) is 10.5. The Morgan fingerprint density at radius 2 is 2.19 bits per heavy atom. The summed E-state index contributed by atoms with van der Waals surface area (Å²) in [6.45, 7) is 2.13. The molecule has 3 heterocycles. The largest absolute Gasteiger partial charge is 0.476 e. The van der Waals surface area contributed by atoms with Crippen LogP contribution in [-0.4, -0.2) is 62.9 Å². The molecule has 1 aliphatic heterocycles. The van der Waals surface area contributed by atoms with Gasteiger partial charge in [-0.2, -0.15) is 5.10 Å². The fourth-order valence-electron chi connectivity index (χ4n) is 3.55. The van der Waals surface area contributed by atoms with Crippen LogP contribution in [0.2, 0.25) is 0 Å². The maximum Gasteiger partial charge on any atom is 0.287 e. The molecule has 1 amide bonds. The number of nitrogens with one attached hydrogen (secondary N) is 2. The molecule has 2 fully saturated rings. The maximum atomic E-state index is 14.6. The highest BCUT2D eigenvalue weighted by molar-refractivity contribution is 5.93. The van der Waals surface area contributed by atoms with Crippen molar-refractivity contribution < 1.29 is 18.3 Å². The molecule has 4 N–H and O–H groups in total. The molecule has 32 heavy (non-hydrogen) atoms. The van der Waals surface area contributed by atoms with Gasteiger partial charge < -0.3 is 15.8 Å². The van der Waals surface area contributed by atoms with E-state index in [4.69, 9.17) is 10.5 Å². The first-order valence-corrected chi connectivity index (χ1v) is 10.5. The van der Waals surface area contributed by atoms with Crippen LogP contribution in [0, 0.1) is 5.92 Å². The highest BCUT2D eigenvalue weighted by Crippen LogP contribution is 2.40. The number of amides is 1. The summed E-state index contributed by atoms with van der Waals surface area (Å²) in [5.74, 6) is -3.55. The van der Waals surface area contributed by atoms with Gasteiger partial charge in [-0.25, -0.2) is 13.9 Å². The van der Waals surface area contributed by atoms with Gasteiger partial charge in [0.2, 0.25) is 11.8 Å². The number of aromatic amines is 1. The lowest BCUT2D eigenvalue weighted by molar-refractivity contribution is -0.125. The molecule has 1 saturated carbocycles. The van der Waals surface area contributed by atoms with Crippen LogP contribution in [0.3, 0.4) is 0 Å². The molecule has 0 radical (unpaired) electrons. The fourth-order valence-corrected chi connectivity index (χ4v) is 3.55. The highest BCUT2D eigenvalue weighted by Gasteiger charge is 2.47. The zero-order valence-corrected chi connectivity index (χ0v) is 17.6. The Kier molecular flexibility index (Phi) is 6.04. The number of H-pyrrole nitrogens is 1. The molecule has 1 saturated heterocycles. The van der Waals surface area contributed by atoms with Gasteiger partial charge in [0.15, 0.2) is 5.82 Å². The molecular formula is C20H25F2N7O3. The average Bonchev–Trinajstić information content (AvgIpc) is 3.59. The lowest BCUT2D eigenvalue weighted by Crippen LogP contribution is -2.52. The lowest BCUT2D eigenvalue weighted by Gasteiger charge is -2.40. The number of carbonyl (C=O) groups is 1. The standard InChI is InChI=1S/C20H25F2N7O3/c1-11(18(30)24-16-4-5-17(27-26-16)32-10-12-2-3-12)29-7-6-20(21,22)13(9-29)15-8-14(23)19(31)28-25-15/h4-5,8,11-13H,2-3,6-7,9-10H2,1H3,(H2,23,25)(H,28,31)(H,24,26,30)/t11?,13-/m1/s1. The number of nitrogen functional groups attached to an aromatic ring is 1. The van der Waals surface area contributed by atoms with E-state index in [1.807, 2.05) is 0 Å². The molecule has 0 spiro atoms. The third-order valence-corrected chi connectivity index (χ3v) is 5.85. The number of piperidine rings is 1. The van der Waals surface area contributed by atoms with Crippen LogP contribution >= 0.6 is 0 Å². The average molecular weight is 449 g/mol. The second-order valence-electron chi connectivity index (χ2n) is 8.31. The molecule has 4 rings (SSSR count). The van der Waals surface area contributed by atoms with Gasteiger partial charge in [0, 0.05) is 25.6 Å². The number of alkyl halides is 2. The molecule has 172 valence electrons. The van der Waals surface area contributed by atoms with Crippen molar-refractivity contribution >= 4 is 17.4 Å². The van der Waals surface area contributed by atoms with E-state index in [1.54, 1.807) is 24.0 Å². The summed E-state index contributed by atoms with van der Waals surface area (Å²) in [4.78, 5) is 25.8. The van der Waals surface area contributed by atoms with Crippen molar-refractivity contribution in [1.29, 1.82) is 0 Å². The van der Waals surface area contributed by atoms with Crippen molar-refractivity contribution in [3.05, 3.63) is 34.2 Å². The predicted molar refractivity (Wildman–Crippen MR) is 111 cm³/mol. The van der Waals surface area contributed by atoms with E-state index >= 15 is 0 Å². The fraction of sp³-hybridized carbons (Fsp3) is 0.550. The van der Waals surface area contributed by atoms with E-state index in [2.05, 4.69) is 25.7 Å². The van der Waals surface area contributed by atoms with Crippen LogP contribution in [0.15, 0.2) is 23.0 Å². The molecule has 10 nitrogen and oxygen atoms in total. The zero-order chi connectivity index (χ0) is 22.9. The van der Waals surface area contributed by atoms with Gasteiger partial charge in [-0.1, -0.05) is 0 Å². The molecule has 1 aliphatic carbocycles. The molecule has 1 unspecified atom stereocenters. The lowest BCUT2D eigenvalue weighted by atomic mass is 9.89. The third kappa shape index (κ3) is 5.01. The number of aromatic nitrogens is 4. The Hall–Kier alpha value is -3.15. The van der Waals surface area contributed by atoms with Crippen LogP contribution in [0.4, 0.5) is 20.3 Å². The summed E-state index contributed by atoms with van der Waals surface area (Å²) >= 11 is 0. The van der Waals surface area contributed by atoms with Crippen molar-refractivity contribution in [1.82, 2.24) is 25.3 Å². The maximum absolute atomic E-state index is 14.6. The van der Waals surface area contributed by atoms with Crippen molar-refractivity contribution in [3.63, 3.8) is 0 Å². The van der Waals surface area contributed by atoms with E-state index in [0.717, 1.165) is 18.9 Å². The summed E-state index contributed by atoms with van der Waals surface area (Å²) in [5, 5.41) is 16.4. The number of hydrogen-bond acceptors (Lipinski definition) is 8. The Morgan fingerprint density at radius 3 is 2.84 bits per heavy atom. The van der Waals surface area contributed by atoms with Crippen LogP contribution in [-0.2, 0) is 4.79 Å². The number of anilines is 2.